The van der Waals surface area contributed by atoms with E-state index in [1.54, 1.807) is 11.3 Å². The molecule has 1 fully saturated rings. The maximum Gasteiger partial charge on any atom is 0.264 e. The molecule has 3 atom stereocenters. The maximum atomic E-state index is 2.81. The Morgan fingerprint density at radius 1 is 0.722 bits per heavy atom. The minimum Gasteiger partial charge on any atom is -0.314 e. The number of anilines is 5. The topological polar surface area (TPSA) is 6.48 Å². The number of thiophene rings is 1. The summed E-state index contributed by atoms with van der Waals surface area (Å²) in [6, 6.07) is 26.7. The lowest BCUT2D eigenvalue weighted by atomic mass is 9.33. The highest BCUT2D eigenvalue weighted by atomic mass is 32.1. The molecule has 0 radical (unpaired) electrons. The van der Waals surface area contributed by atoms with E-state index >= 15 is 0 Å². The zero-order valence-electron chi connectivity index (χ0n) is 34.5. The molecule has 4 heteroatoms. The minimum atomic E-state index is 0.0448. The molecule has 1 saturated carbocycles. The van der Waals surface area contributed by atoms with Crippen molar-refractivity contribution >= 4 is 66.8 Å². The van der Waals surface area contributed by atoms with Crippen molar-refractivity contribution in [2.75, 3.05) is 9.80 Å². The van der Waals surface area contributed by atoms with Crippen LogP contribution >= 0.6 is 11.3 Å². The number of aryl methyl sites for hydroxylation is 3. The van der Waals surface area contributed by atoms with Crippen molar-refractivity contribution in [3.8, 4) is 0 Å². The summed E-state index contributed by atoms with van der Waals surface area (Å²) in [7, 11) is 0. The summed E-state index contributed by atoms with van der Waals surface area (Å²) in [6.07, 6.45) is 7.72. The van der Waals surface area contributed by atoms with E-state index in [4.69, 9.17) is 0 Å². The van der Waals surface area contributed by atoms with Gasteiger partial charge in [-0.25, -0.2) is 0 Å². The van der Waals surface area contributed by atoms with E-state index in [9.17, 15) is 0 Å². The number of hydrogen-bond acceptors (Lipinski definition) is 3. The number of hydrogen-bond donors (Lipinski definition) is 0. The van der Waals surface area contributed by atoms with Crippen molar-refractivity contribution in [2.45, 2.75) is 112 Å². The van der Waals surface area contributed by atoms with Gasteiger partial charge in [0.05, 0.1) is 11.4 Å². The van der Waals surface area contributed by atoms with Crippen molar-refractivity contribution in [3.05, 3.63) is 123 Å². The summed E-state index contributed by atoms with van der Waals surface area (Å²) < 4.78 is 2.86. The van der Waals surface area contributed by atoms with Gasteiger partial charge in [0, 0.05) is 49.0 Å². The van der Waals surface area contributed by atoms with Crippen LogP contribution in [0.25, 0.3) is 10.1 Å². The number of nitrogens with zero attached hydrogens (tertiary/aromatic N) is 2. The zero-order valence-corrected chi connectivity index (χ0v) is 35.3. The SMILES string of the molecule is Cc1cc2c3c(c1)N(c1ccc(C(C)(C)C)cc1)c1c(sc4ccc(C)cc14)B3C1=C3C4C(C=C1)C(C)(C)CCC4(C)c1cc(C(C)(C)C)cc(C)c1N32. The molecule has 10 rings (SSSR count). The molecule has 5 aliphatic rings. The molecule has 0 amide bonds. The lowest BCUT2D eigenvalue weighted by Gasteiger charge is -2.62. The van der Waals surface area contributed by atoms with Crippen LogP contribution in [0.3, 0.4) is 0 Å². The first-order valence-electron chi connectivity index (χ1n) is 20.3. The van der Waals surface area contributed by atoms with E-state index in [0.717, 1.165) is 0 Å². The van der Waals surface area contributed by atoms with Gasteiger partial charge in [-0.2, -0.15) is 0 Å². The van der Waals surface area contributed by atoms with Gasteiger partial charge in [0.1, 0.15) is 0 Å². The summed E-state index contributed by atoms with van der Waals surface area (Å²) in [5.74, 6) is 0.879. The Labute approximate surface area is 328 Å². The fourth-order valence-corrected chi connectivity index (χ4v) is 12.5. The Balaban J connectivity index is 1.33. The number of allylic oxidation sites excluding steroid dienone is 4. The summed E-state index contributed by atoms with van der Waals surface area (Å²) in [5.41, 5.74) is 20.2. The molecule has 54 heavy (non-hydrogen) atoms. The molecule has 3 unspecified atom stereocenters. The molecule has 0 saturated heterocycles. The van der Waals surface area contributed by atoms with Crippen molar-refractivity contribution in [2.24, 2.45) is 17.3 Å². The van der Waals surface area contributed by atoms with Gasteiger partial charge in [-0.3, -0.25) is 0 Å². The Hall–Kier alpha value is -4.02. The third-order valence-electron chi connectivity index (χ3n) is 14.2. The van der Waals surface area contributed by atoms with E-state index in [1.165, 1.54) is 94.9 Å². The molecule has 0 spiro atoms. The van der Waals surface area contributed by atoms with Crippen molar-refractivity contribution in [1.29, 1.82) is 0 Å². The lowest BCUT2D eigenvalue weighted by Crippen LogP contribution is -2.61. The first-order valence-corrected chi connectivity index (χ1v) is 21.2. The highest BCUT2D eigenvalue weighted by molar-refractivity contribution is 7.33. The van der Waals surface area contributed by atoms with Gasteiger partial charge in [-0.1, -0.05) is 110 Å². The Morgan fingerprint density at radius 3 is 2.09 bits per heavy atom. The first-order chi connectivity index (χ1) is 25.4. The first kappa shape index (κ1) is 34.5. The summed E-state index contributed by atoms with van der Waals surface area (Å²) in [5, 5.41) is 1.37. The molecule has 5 aromatic rings. The largest absolute Gasteiger partial charge is 0.314 e. The molecule has 3 aliphatic heterocycles. The Morgan fingerprint density at radius 2 is 1.41 bits per heavy atom. The third kappa shape index (κ3) is 4.53. The average Bonchev–Trinajstić information content (AvgIpc) is 3.46. The van der Waals surface area contributed by atoms with Crippen molar-refractivity contribution < 1.29 is 0 Å². The molecule has 2 aliphatic carbocycles. The summed E-state index contributed by atoms with van der Waals surface area (Å²) >= 11 is 2.03. The van der Waals surface area contributed by atoms with E-state index in [0.29, 0.717) is 11.8 Å². The van der Waals surface area contributed by atoms with Crippen LogP contribution in [0.15, 0.2) is 90.1 Å². The molecule has 2 nitrogen and oxygen atoms in total. The van der Waals surface area contributed by atoms with E-state index < -0.39 is 0 Å². The predicted molar refractivity (Wildman–Crippen MR) is 235 cm³/mol. The van der Waals surface area contributed by atoms with Crippen LogP contribution in [0.1, 0.15) is 109 Å². The van der Waals surface area contributed by atoms with E-state index in [1.807, 2.05) is 11.3 Å². The van der Waals surface area contributed by atoms with Crippen LogP contribution in [0.2, 0.25) is 0 Å². The fraction of sp³-hybridized carbons (Fsp3) is 0.400. The highest BCUT2D eigenvalue weighted by Crippen LogP contribution is 2.66. The molecule has 4 heterocycles. The standard InChI is InChI=1S/C50H55BN2S/c1-28-13-20-40-34(23-28)44-46(54-40)51-37-19-18-35-41-45(37)53(43-30(3)26-32(48(7,8)9)27-36(43)50(41,12)22-21-49(35,10)11)39-25-29(2)24-38(42(39)51)52(44)33-16-14-31(15-17-33)47(4,5)6/h13-20,23-27,35,41H,21-22H2,1-12H3. The summed E-state index contributed by atoms with van der Waals surface area (Å²) in [4.78, 5) is 5.44. The Bertz CT molecular complexity index is 2510. The second-order valence-electron chi connectivity index (χ2n) is 20.5. The quantitative estimate of drug-likeness (QED) is 0.159. The van der Waals surface area contributed by atoms with Gasteiger partial charge in [-0.05, 0) is 131 Å². The maximum absolute atomic E-state index is 2.81. The molecular weight excluding hydrogens is 671 g/mol. The predicted octanol–water partition coefficient (Wildman–Crippen LogP) is 12.7. The minimum absolute atomic E-state index is 0.0448. The summed E-state index contributed by atoms with van der Waals surface area (Å²) in [6.45, 7) is 28.9. The normalized spacial score (nSPS) is 23.4. The number of benzene rings is 4. The molecular formula is C50H55BN2S. The third-order valence-corrected chi connectivity index (χ3v) is 15.5. The molecule has 274 valence electrons. The second-order valence-corrected chi connectivity index (χ2v) is 21.6. The molecule has 0 bridgehead atoms. The van der Waals surface area contributed by atoms with Crippen LogP contribution in [0.4, 0.5) is 28.4 Å². The number of fused-ring (bicyclic) bond motifs is 9. The van der Waals surface area contributed by atoms with E-state index in [-0.39, 0.29) is 28.4 Å². The number of rotatable bonds is 1. The van der Waals surface area contributed by atoms with Gasteiger partial charge in [0.2, 0.25) is 0 Å². The molecule has 4 aromatic carbocycles. The smallest absolute Gasteiger partial charge is 0.264 e. The van der Waals surface area contributed by atoms with Gasteiger partial charge in [0.25, 0.3) is 6.71 Å². The van der Waals surface area contributed by atoms with Gasteiger partial charge in [0.15, 0.2) is 0 Å². The van der Waals surface area contributed by atoms with Crippen LogP contribution in [-0.2, 0) is 16.2 Å². The lowest BCUT2D eigenvalue weighted by molar-refractivity contribution is 0.0578. The fourth-order valence-electron chi connectivity index (χ4n) is 11.2. The van der Waals surface area contributed by atoms with E-state index in [2.05, 4.69) is 172 Å². The van der Waals surface area contributed by atoms with Crippen LogP contribution in [0.5, 0.6) is 0 Å². The van der Waals surface area contributed by atoms with Gasteiger partial charge in [-0.15, -0.1) is 11.3 Å². The molecule has 1 aromatic heterocycles. The molecule has 0 N–H and O–H groups in total. The van der Waals surface area contributed by atoms with Crippen molar-refractivity contribution in [3.63, 3.8) is 0 Å². The average molecular weight is 727 g/mol. The monoisotopic (exact) mass is 726 g/mol. The highest BCUT2D eigenvalue weighted by Gasteiger charge is 2.60. The van der Waals surface area contributed by atoms with Crippen LogP contribution in [-0.4, -0.2) is 6.71 Å². The van der Waals surface area contributed by atoms with Crippen LogP contribution in [0, 0.1) is 38.0 Å². The Kier molecular flexibility index (Phi) is 6.92. The second kappa shape index (κ2) is 10.8. The van der Waals surface area contributed by atoms with Crippen LogP contribution < -0.4 is 20.0 Å². The zero-order chi connectivity index (χ0) is 38.0. The van der Waals surface area contributed by atoms with Gasteiger partial charge < -0.3 is 9.80 Å². The van der Waals surface area contributed by atoms with Gasteiger partial charge >= 0.3 is 0 Å². The van der Waals surface area contributed by atoms with Crippen molar-refractivity contribution in [1.82, 2.24) is 0 Å².